The fourth-order valence-electron chi connectivity index (χ4n) is 2.50. The van der Waals surface area contributed by atoms with Gasteiger partial charge in [-0.3, -0.25) is 4.79 Å². The molecule has 0 atom stereocenters. The summed E-state index contributed by atoms with van der Waals surface area (Å²) in [5, 5.41) is 1.39. The van der Waals surface area contributed by atoms with Crippen LogP contribution in [0, 0.1) is 6.92 Å². The predicted molar refractivity (Wildman–Crippen MR) is 94.1 cm³/mol. The average Bonchev–Trinajstić information content (AvgIpc) is 2.54. The lowest BCUT2D eigenvalue weighted by Gasteiger charge is -2.19. The van der Waals surface area contributed by atoms with Crippen LogP contribution in [0.5, 0.6) is 0 Å². The van der Waals surface area contributed by atoms with Gasteiger partial charge in [-0.05, 0) is 19.1 Å². The first kappa shape index (κ1) is 16.1. The van der Waals surface area contributed by atoms with Crippen molar-refractivity contribution in [3.63, 3.8) is 0 Å². The first-order chi connectivity index (χ1) is 11.5. The molecule has 7 heteroatoms. The van der Waals surface area contributed by atoms with Gasteiger partial charge in [-0.15, -0.1) is 0 Å². The summed E-state index contributed by atoms with van der Waals surface area (Å²) in [6, 6.07) is 9.38. The highest BCUT2D eigenvalue weighted by molar-refractivity contribution is 6.33. The van der Waals surface area contributed by atoms with Crippen LogP contribution in [0.25, 0.3) is 10.9 Å². The van der Waals surface area contributed by atoms with Gasteiger partial charge in [0, 0.05) is 24.3 Å². The monoisotopic (exact) mass is 341 g/mol. The van der Waals surface area contributed by atoms with E-state index >= 15 is 0 Å². The van der Waals surface area contributed by atoms with Crippen molar-refractivity contribution >= 4 is 34.2 Å². The number of primary amides is 1. The van der Waals surface area contributed by atoms with E-state index in [0.29, 0.717) is 23.2 Å². The number of aryl methyl sites for hydroxylation is 1. The van der Waals surface area contributed by atoms with Gasteiger partial charge in [0.25, 0.3) is 0 Å². The molecule has 0 unspecified atom stereocenters. The van der Waals surface area contributed by atoms with Crippen molar-refractivity contribution < 1.29 is 4.79 Å². The quantitative estimate of drug-likeness (QED) is 0.788. The Labute approximate surface area is 144 Å². The molecule has 0 saturated heterocycles. The Hall–Kier alpha value is -2.73. The van der Waals surface area contributed by atoms with Crippen LogP contribution < -0.4 is 10.6 Å². The number of amides is 1. The number of pyridine rings is 1. The van der Waals surface area contributed by atoms with E-state index in [1.54, 1.807) is 0 Å². The van der Waals surface area contributed by atoms with Gasteiger partial charge in [0.2, 0.25) is 5.91 Å². The van der Waals surface area contributed by atoms with Gasteiger partial charge in [-0.25, -0.2) is 15.0 Å². The number of carbonyl (C=O) groups excluding carboxylic acids is 1. The molecule has 2 N–H and O–H groups in total. The summed E-state index contributed by atoms with van der Waals surface area (Å²) < 4.78 is 0. The predicted octanol–water partition coefficient (Wildman–Crippen LogP) is 2.72. The van der Waals surface area contributed by atoms with Crippen LogP contribution in [0.3, 0.4) is 0 Å². The van der Waals surface area contributed by atoms with E-state index in [0.717, 1.165) is 16.6 Å². The number of hydrogen-bond acceptors (Lipinski definition) is 5. The first-order valence-electron chi connectivity index (χ1n) is 7.34. The molecule has 3 rings (SSSR count). The number of nitrogens with two attached hydrogens (primary N) is 1. The van der Waals surface area contributed by atoms with E-state index in [-0.39, 0.29) is 5.56 Å². The maximum Gasteiger partial charge on any atom is 0.250 e. The molecule has 0 spiro atoms. The largest absolute Gasteiger partial charge is 0.366 e. The fraction of sp³-hybridized carbons (Fsp3) is 0.176. The highest BCUT2D eigenvalue weighted by Crippen LogP contribution is 2.24. The van der Waals surface area contributed by atoms with Crippen molar-refractivity contribution in [3.8, 4) is 0 Å². The Balaban J connectivity index is 1.89. The highest BCUT2D eigenvalue weighted by Gasteiger charge is 2.13. The number of para-hydroxylation sites is 1. The number of benzene rings is 1. The molecular formula is C17H16ClN5O. The minimum Gasteiger partial charge on any atom is -0.366 e. The third-order valence-corrected chi connectivity index (χ3v) is 3.96. The standard InChI is InChI=1S/C17H16ClN5O/c1-10-12-5-3-4-6-14(12)22-15(21-10)9-23(2)17-13(18)7-11(8-20-17)16(19)24/h3-8H,9H2,1-2H3,(H2,19,24). The van der Waals surface area contributed by atoms with Gasteiger partial charge in [-0.2, -0.15) is 0 Å². The molecule has 0 saturated carbocycles. The number of fused-ring (bicyclic) bond motifs is 1. The number of hydrogen-bond donors (Lipinski definition) is 1. The van der Waals surface area contributed by atoms with Crippen LogP contribution >= 0.6 is 11.6 Å². The van der Waals surface area contributed by atoms with E-state index in [9.17, 15) is 4.79 Å². The molecule has 122 valence electrons. The van der Waals surface area contributed by atoms with E-state index < -0.39 is 5.91 Å². The molecule has 2 heterocycles. The molecule has 1 amide bonds. The van der Waals surface area contributed by atoms with Crippen molar-refractivity contribution in [1.29, 1.82) is 0 Å². The Bertz CT molecular complexity index is 928. The molecule has 0 aliphatic heterocycles. The summed E-state index contributed by atoms with van der Waals surface area (Å²) in [6.07, 6.45) is 1.41. The Morgan fingerprint density at radius 3 is 2.75 bits per heavy atom. The highest BCUT2D eigenvalue weighted by atomic mass is 35.5. The van der Waals surface area contributed by atoms with Crippen LogP contribution in [0.1, 0.15) is 21.9 Å². The number of aromatic nitrogens is 3. The summed E-state index contributed by atoms with van der Waals surface area (Å²) in [5.74, 6) is 0.647. The van der Waals surface area contributed by atoms with Crippen LogP contribution in [0.4, 0.5) is 5.82 Å². The zero-order chi connectivity index (χ0) is 17.3. The second-order valence-corrected chi connectivity index (χ2v) is 5.90. The normalized spacial score (nSPS) is 10.8. The number of rotatable bonds is 4. The fourth-order valence-corrected chi connectivity index (χ4v) is 2.81. The first-order valence-corrected chi connectivity index (χ1v) is 7.72. The second kappa shape index (κ2) is 6.41. The Morgan fingerprint density at radius 1 is 1.29 bits per heavy atom. The molecule has 6 nitrogen and oxygen atoms in total. The minimum absolute atomic E-state index is 0.273. The van der Waals surface area contributed by atoms with Gasteiger partial charge in [-0.1, -0.05) is 29.8 Å². The zero-order valence-electron chi connectivity index (χ0n) is 13.3. The summed E-state index contributed by atoms with van der Waals surface area (Å²) in [5.41, 5.74) is 7.33. The van der Waals surface area contributed by atoms with E-state index in [2.05, 4.69) is 15.0 Å². The molecule has 3 aromatic rings. The van der Waals surface area contributed by atoms with Crippen molar-refractivity contribution in [2.75, 3.05) is 11.9 Å². The smallest absolute Gasteiger partial charge is 0.250 e. The van der Waals surface area contributed by atoms with Crippen LogP contribution in [0.15, 0.2) is 36.5 Å². The maximum absolute atomic E-state index is 11.2. The maximum atomic E-state index is 11.2. The molecule has 2 aromatic heterocycles. The van der Waals surface area contributed by atoms with E-state index in [1.165, 1.54) is 12.3 Å². The van der Waals surface area contributed by atoms with E-state index in [1.807, 2.05) is 43.1 Å². The summed E-state index contributed by atoms with van der Waals surface area (Å²) in [4.78, 5) is 26.3. The van der Waals surface area contributed by atoms with E-state index in [4.69, 9.17) is 17.3 Å². The number of carbonyl (C=O) groups is 1. The summed E-state index contributed by atoms with van der Waals surface area (Å²) in [7, 11) is 1.84. The van der Waals surface area contributed by atoms with Crippen molar-refractivity contribution in [3.05, 3.63) is 58.6 Å². The van der Waals surface area contributed by atoms with Gasteiger partial charge in [0.05, 0.1) is 22.6 Å². The Morgan fingerprint density at radius 2 is 2.04 bits per heavy atom. The molecule has 0 bridgehead atoms. The van der Waals surface area contributed by atoms with Crippen LogP contribution in [0.2, 0.25) is 5.02 Å². The van der Waals surface area contributed by atoms with Crippen molar-refractivity contribution in [2.45, 2.75) is 13.5 Å². The lowest BCUT2D eigenvalue weighted by atomic mass is 10.2. The third-order valence-electron chi connectivity index (χ3n) is 3.69. The van der Waals surface area contributed by atoms with Crippen LogP contribution in [-0.4, -0.2) is 27.9 Å². The topological polar surface area (TPSA) is 85.0 Å². The molecule has 0 fully saturated rings. The molecule has 0 aliphatic carbocycles. The van der Waals surface area contributed by atoms with Crippen LogP contribution in [-0.2, 0) is 6.54 Å². The number of nitrogens with zero attached hydrogens (tertiary/aromatic N) is 4. The second-order valence-electron chi connectivity index (χ2n) is 5.49. The zero-order valence-corrected chi connectivity index (χ0v) is 14.1. The number of halogens is 1. The Kier molecular flexibility index (Phi) is 4.31. The van der Waals surface area contributed by atoms with Gasteiger partial charge in [0.15, 0.2) is 0 Å². The number of anilines is 1. The average molecular weight is 342 g/mol. The van der Waals surface area contributed by atoms with Gasteiger partial charge in [0.1, 0.15) is 11.6 Å². The summed E-state index contributed by atoms with van der Waals surface area (Å²) >= 11 is 6.21. The van der Waals surface area contributed by atoms with Gasteiger partial charge < -0.3 is 10.6 Å². The SMILES string of the molecule is Cc1nc(CN(C)c2ncc(C(N)=O)cc2Cl)nc2ccccc12. The molecule has 0 aliphatic rings. The van der Waals surface area contributed by atoms with Crippen molar-refractivity contribution in [2.24, 2.45) is 5.73 Å². The molecule has 0 radical (unpaired) electrons. The lowest BCUT2D eigenvalue weighted by molar-refractivity contribution is 0.1000. The molecule has 24 heavy (non-hydrogen) atoms. The third kappa shape index (κ3) is 3.14. The summed E-state index contributed by atoms with van der Waals surface area (Å²) in [6.45, 7) is 2.40. The lowest BCUT2D eigenvalue weighted by Crippen LogP contribution is -2.21. The molecular weight excluding hydrogens is 326 g/mol. The van der Waals surface area contributed by atoms with Crippen molar-refractivity contribution in [1.82, 2.24) is 15.0 Å². The van der Waals surface area contributed by atoms with Gasteiger partial charge >= 0.3 is 0 Å². The minimum atomic E-state index is -0.563. The molecule has 1 aromatic carbocycles.